The van der Waals surface area contributed by atoms with Crippen LogP contribution in [0.1, 0.15) is 31.9 Å². The molecular weight excluding hydrogens is 342 g/mol. The maximum Gasteiger partial charge on any atom is 0.241 e. The van der Waals surface area contributed by atoms with Crippen LogP contribution in [0.25, 0.3) is 0 Å². The normalized spacial score (nSPS) is 11.7. The summed E-state index contributed by atoms with van der Waals surface area (Å²) in [5.41, 5.74) is 1.82. The van der Waals surface area contributed by atoms with Crippen LogP contribution in [-0.4, -0.2) is 15.0 Å². The lowest BCUT2D eigenvalue weighted by atomic mass is 9.87. The number of nitrogens with one attached hydrogen (secondary N) is 1. The highest BCUT2D eigenvalue weighted by atomic mass is 35.5. The van der Waals surface area contributed by atoms with Gasteiger partial charge in [0.15, 0.2) is 0 Å². The van der Waals surface area contributed by atoms with Crippen LogP contribution in [0.15, 0.2) is 53.4 Å². The van der Waals surface area contributed by atoms with Crippen molar-refractivity contribution in [2.75, 3.05) is 6.54 Å². The molecule has 0 aliphatic heterocycles. The van der Waals surface area contributed by atoms with Gasteiger partial charge in [0, 0.05) is 10.6 Å². The van der Waals surface area contributed by atoms with Crippen LogP contribution in [0.3, 0.4) is 0 Å². The lowest BCUT2D eigenvalue weighted by Crippen LogP contribution is -2.24. The van der Waals surface area contributed by atoms with Crippen molar-refractivity contribution < 1.29 is 8.42 Å². The third-order valence-corrected chi connectivity index (χ3v) is 5.09. The van der Waals surface area contributed by atoms with Gasteiger partial charge in [0.2, 0.25) is 10.0 Å². The predicted octanol–water partition coefficient (Wildman–Crippen LogP) is 3.97. The number of sulfonamides is 1. The average Bonchev–Trinajstić information content (AvgIpc) is 2.51. The zero-order valence-electron chi connectivity index (χ0n) is 13.9. The summed E-state index contributed by atoms with van der Waals surface area (Å²) in [7, 11) is -3.56. The van der Waals surface area contributed by atoms with Crippen LogP contribution in [-0.2, 0) is 15.4 Å². The highest BCUT2D eigenvalue weighted by Gasteiger charge is 2.16. The van der Waals surface area contributed by atoms with Gasteiger partial charge in [-0.2, -0.15) is 4.72 Å². The lowest BCUT2D eigenvalue weighted by Gasteiger charge is -2.19. The summed E-state index contributed by atoms with van der Waals surface area (Å²) in [5, 5.41) is 0.598. The number of halogens is 1. The molecule has 2 aromatic carbocycles. The summed E-state index contributed by atoms with van der Waals surface area (Å²) in [6.45, 7) is 6.29. The maximum atomic E-state index is 12.3. The summed E-state index contributed by atoms with van der Waals surface area (Å²) in [5.74, 6) is 5.67. The first-order valence-electron chi connectivity index (χ1n) is 7.53. The number of benzene rings is 2. The van der Waals surface area contributed by atoms with E-state index in [1.54, 1.807) is 30.3 Å². The largest absolute Gasteiger partial charge is 0.241 e. The molecule has 0 saturated carbocycles. The quantitative estimate of drug-likeness (QED) is 0.841. The fourth-order valence-corrected chi connectivity index (χ4v) is 3.17. The van der Waals surface area contributed by atoms with Crippen molar-refractivity contribution in [1.82, 2.24) is 4.72 Å². The van der Waals surface area contributed by atoms with Gasteiger partial charge in [0.25, 0.3) is 0 Å². The summed E-state index contributed by atoms with van der Waals surface area (Å²) in [6.07, 6.45) is 0. The van der Waals surface area contributed by atoms with Crippen molar-refractivity contribution in [2.45, 2.75) is 31.1 Å². The van der Waals surface area contributed by atoms with Crippen molar-refractivity contribution in [1.29, 1.82) is 0 Å². The Labute approximate surface area is 149 Å². The SMILES string of the molecule is CC(C)(C)c1ccc(S(=O)(=O)NCC#Cc2cccc(Cl)c2)cc1. The highest BCUT2D eigenvalue weighted by Crippen LogP contribution is 2.23. The molecule has 0 aliphatic rings. The number of hydrogen-bond acceptors (Lipinski definition) is 2. The highest BCUT2D eigenvalue weighted by molar-refractivity contribution is 7.89. The zero-order chi connectivity index (χ0) is 17.8. The fraction of sp³-hybridized carbons (Fsp3) is 0.263. The van der Waals surface area contributed by atoms with Crippen LogP contribution in [0.5, 0.6) is 0 Å². The Morgan fingerprint density at radius 3 is 2.33 bits per heavy atom. The van der Waals surface area contributed by atoms with Crippen LogP contribution >= 0.6 is 11.6 Å². The second kappa shape index (κ2) is 7.40. The van der Waals surface area contributed by atoms with Gasteiger partial charge in [-0.1, -0.05) is 62.4 Å². The van der Waals surface area contributed by atoms with Gasteiger partial charge in [0.1, 0.15) is 0 Å². The molecule has 0 saturated heterocycles. The maximum absolute atomic E-state index is 12.3. The molecule has 0 amide bonds. The number of hydrogen-bond donors (Lipinski definition) is 1. The predicted molar refractivity (Wildman–Crippen MR) is 98.7 cm³/mol. The molecule has 0 aliphatic carbocycles. The van der Waals surface area contributed by atoms with E-state index in [0.717, 1.165) is 11.1 Å². The first-order valence-corrected chi connectivity index (χ1v) is 9.39. The van der Waals surface area contributed by atoms with Gasteiger partial charge in [-0.3, -0.25) is 0 Å². The van der Waals surface area contributed by atoms with E-state index >= 15 is 0 Å². The van der Waals surface area contributed by atoms with E-state index < -0.39 is 10.0 Å². The number of rotatable bonds is 3. The molecule has 5 heteroatoms. The van der Waals surface area contributed by atoms with Crippen molar-refractivity contribution in [3.05, 3.63) is 64.7 Å². The average molecular weight is 362 g/mol. The van der Waals surface area contributed by atoms with Crippen molar-refractivity contribution in [2.24, 2.45) is 0 Å². The molecule has 2 rings (SSSR count). The van der Waals surface area contributed by atoms with E-state index in [0.29, 0.717) is 5.02 Å². The van der Waals surface area contributed by atoms with E-state index in [1.807, 2.05) is 18.2 Å². The molecule has 0 fully saturated rings. The van der Waals surface area contributed by atoms with Crippen LogP contribution in [0.2, 0.25) is 5.02 Å². The van der Waals surface area contributed by atoms with Gasteiger partial charge in [0.05, 0.1) is 11.4 Å². The molecule has 0 aromatic heterocycles. The van der Waals surface area contributed by atoms with Crippen molar-refractivity contribution in [3.8, 4) is 11.8 Å². The Morgan fingerprint density at radius 1 is 1.08 bits per heavy atom. The summed E-state index contributed by atoms with van der Waals surface area (Å²) in [6, 6.07) is 14.0. The first kappa shape index (κ1) is 18.5. The van der Waals surface area contributed by atoms with Crippen LogP contribution in [0.4, 0.5) is 0 Å². The van der Waals surface area contributed by atoms with Crippen LogP contribution in [0, 0.1) is 11.8 Å². The van der Waals surface area contributed by atoms with Crippen molar-refractivity contribution >= 4 is 21.6 Å². The van der Waals surface area contributed by atoms with Gasteiger partial charge in [-0.15, -0.1) is 0 Å². The molecule has 0 heterocycles. The standard InChI is InChI=1S/C19H20ClNO2S/c1-19(2,3)16-9-11-18(12-10-16)24(22,23)21-13-5-7-15-6-4-8-17(20)14-15/h4,6,8-12,14,21H,13H2,1-3H3. The van der Waals surface area contributed by atoms with Gasteiger partial charge < -0.3 is 0 Å². The Hall–Kier alpha value is -1.80. The molecule has 0 atom stereocenters. The van der Waals surface area contributed by atoms with E-state index in [-0.39, 0.29) is 16.9 Å². The van der Waals surface area contributed by atoms with Gasteiger partial charge >= 0.3 is 0 Å². The summed E-state index contributed by atoms with van der Waals surface area (Å²) < 4.78 is 27.0. The monoisotopic (exact) mass is 361 g/mol. The summed E-state index contributed by atoms with van der Waals surface area (Å²) in [4.78, 5) is 0.236. The molecular formula is C19H20ClNO2S. The van der Waals surface area contributed by atoms with E-state index in [2.05, 4.69) is 37.3 Å². The Bertz CT molecular complexity index is 870. The van der Waals surface area contributed by atoms with E-state index in [9.17, 15) is 8.42 Å². The minimum Gasteiger partial charge on any atom is -0.207 e. The zero-order valence-corrected chi connectivity index (χ0v) is 15.5. The third-order valence-electron chi connectivity index (χ3n) is 3.44. The van der Waals surface area contributed by atoms with E-state index in [4.69, 9.17) is 11.6 Å². The minimum absolute atomic E-state index is 0.0157. The third kappa shape index (κ3) is 5.10. The smallest absolute Gasteiger partial charge is 0.207 e. The van der Waals surface area contributed by atoms with Crippen LogP contribution < -0.4 is 4.72 Å². The Balaban J connectivity index is 2.04. The Kier molecular flexibility index (Phi) is 5.71. The topological polar surface area (TPSA) is 46.2 Å². The molecule has 1 N–H and O–H groups in total. The second-order valence-corrected chi connectivity index (χ2v) is 8.61. The Morgan fingerprint density at radius 2 is 1.75 bits per heavy atom. The summed E-state index contributed by atoms with van der Waals surface area (Å²) >= 11 is 5.88. The molecule has 126 valence electrons. The molecule has 0 unspecified atom stereocenters. The second-order valence-electron chi connectivity index (χ2n) is 6.41. The van der Waals surface area contributed by atoms with Gasteiger partial charge in [-0.25, -0.2) is 8.42 Å². The molecule has 24 heavy (non-hydrogen) atoms. The fourth-order valence-electron chi connectivity index (χ4n) is 2.06. The van der Waals surface area contributed by atoms with Gasteiger partial charge in [-0.05, 0) is 41.3 Å². The molecule has 2 aromatic rings. The molecule has 0 radical (unpaired) electrons. The van der Waals surface area contributed by atoms with E-state index in [1.165, 1.54) is 0 Å². The molecule has 0 spiro atoms. The molecule has 3 nitrogen and oxygen atoms in total. The molecule has 0 bridgehead atoms. The lowest BCUT2D eigenvalue weighted by molar-refractivity contribution is 0.581. The minimum atomic E-state index is -3.56. The first-order chi connectivity index (χ1) is 11.2. The van der Waals surface area contributed by atoms with Crippen molar-refractivity contribution in [3.63, 3.8) is 0 Å².